The van der Waals surface area contributed by atoms with E-state index < -0.39 is 0 Å². The predicted octanol–water partition coefficient (Wildman–Crippen LogP) is -0.141. The number of halogens is 1. The molecule has 6 heteroatoms. The Bertz CT molecular complexity index is 747. The number of nitrogens with zero attached hydrogens (tertiary/aromatic N) is 3. The smallest absolute Gasteiger partial charge is 0.254 e. The van der Waals surface area contributed by atoms with Gasteiger partial charge in [0.15, 0.2) is 0 Å². The molecule has 0 atom stereocenters. The zero-order chi connectivity index (χ0) is 17.3. The van der Waals surface area contributed by atoms with Crippen molar-refractivity contribution < 1.29 is 31.1 Å². The summed E-state index contributed by atoms with van der Waals surface area (Å²) in [6, 6.07) is 1.65. The molecule has 2 heterocycles. The van der Waals surface area contributed by atoms with Crippen LogP contribution in [0, 0.1) is 6.92 Å². The van der Waals surface area contributed by atoms with Gasteiger partial charge < -0.3 is 17.0 Å². The van der Waals surface area contributed by atoms with E-state index in [0.717, 1.165) is 44.6 Å². The van der Waals surface area contributed by atoms with Crippen molar-refractivity contribution in [1.29, 1.82) is 0 Å². The molecule has 1 aliphatic carbocycles. The highest BCUT2D eigenvalue weighted by molar-refractivity contribution is 6.26. The molecule has 0 spiro atoms. The van der Waals surface area contributed by atoms with Crippen LogP contribution < -0.4 is 21.5 Å². The van der Waals surface area contributed by atoms with Crippen LogP contribution in [-0.4, -0.2) is 21.1 Å². The lowest BCUT2D eigenvalue weighted by Gasteiger charge is -2.12. The van der Waals surface area contributed by atoms with Gasteiger partial charge in [-0.1, -0.05) is 26.7 Å². The van der Waals surface area contributed by atoms with Crippen LogP contribution in [0.3, 0.4) is 0 Å². The number of pyridine rings is 1. The van der Waals surface area contributed by atoms with Crippen molar-refractivity contribution in [3.8, 4) is 0 Å². The van der Waals surface area contributed by atoms with Crippen molar-refractivity contribution >= 4 is 11.6 Å². The lowest BCUT2D eigenvalue weighted by atomic mass is 9.91. The minimum atomic E-state index is -0.0813. The van der Waals surface area contributed by atoms with Crippen molar-refractivity contribution in [2.75, 3.05) is 0 Å². The topological polar surface area (TPSA) is 55.8 Å². The Morgan fingerprint density at radius 2 is 1.80 bits per heavy atom. The van der Waals surface area contributed by atoms with Gasteiger partial charge in [-0.3, -0.25) is 14.6 Å². The minimum Gasteiger partial charge on any atom is -1.00 e. The number of aromatic nitrogens is 3. The third kappa shape index (κ3) is 3.19. The Morgan fingerprint density at radius 1 is 1.08 bits per heavy atom. The number of ketones is 2. The fourth-order valence-corrected chi connectivity index (χ4v) is 3.39. The standard InChI is InChI=1S/C19H24N3O2.BrH/c1-4-6-10-21-13(3)22(11-7-5-2)17-16(21)18(23)14-8-9-20-12-15(14)19(17)24;/h8-9,12H,4-7,10-11H2,1-3H3;1H/q+1;/p-1. The monoisotopic (exact) mass is 405 g/mol. The van der Waals surface area contributed by atoms with Gasteiger partial charge in [0.1, 0.15) is 0 Å². The van der Waals surface area contributed by atoms with E-state index in [1.165, 1.54) is 6.20 Å². The first-order chi connectivity index (χ1) is 11.6. The van der Waals surface area contributed by atoms with Crippen LogP contribution in [0.5, 0.6) is 0 Å². The van der Waals surface area contributed by atoms with Gasteiger partial charge in [-0.25, -0.2) is 9.13 Å². The maximum atomic E-state index is 13.1. The van der Waals surface area contributed by atoms with E-state index >= 15 is 0 Å². The summed E-state index contributed by atoms with van der Waals surface area (Å²) < 4.78 is 4.07. The van der Waals surface area contributed by atoms with Gasteiger partial charge in [0.2, 0.25) is 23.0 Å². The first-order valence-corrected chi connectivity index (χ1v) is 8.78. The van der Waals surface area contributed by atoms with E-state index in [9.17, 15) is 9.59 Å². The first kappa shape index (κ1) is 19.5. The molecule has 0 radical (unpaired) electrons. The average molecular weight is 406 g/mol. The van der Waals surface area contributed by atoms with Crippen molar-refractivity contribution in [1.82, 2.24) is 9.55 Å². The third-order valence-corrected chi connectivity index (χ3v) is 4.76. The number of fused-ring (bicyclic) bond motifs is 2. The largest absolute Gasteiger partial charge is 1.00 e. The number of hydrogen-bond acceptors (Lipinski definition) is 3. The lowest BCUT2D eigenvalue weighted by molar-refractivity contribution is -0.704. The normalized spacial score (nSPS) is 12.6. The maximum Gasteiger partial charge on any atom is 0.254 e. The van der Waals surface area contributed by atoms with E-state index in [2.05, 4.69) is 18.8 Å². The fraction of sp³-hybridized carbons (Fsp3) is 0.474. The maximum absolute atomic E-state index is 13.1. The zero-order valence-electron chi connectivity index (χ0n) is 15.0. The van der Waals surface area contributed by atoms with Gasteiger partial charge in [-0.15, -0.1) is 0 Å². The van der Waals surface area contributed by atoms with E-state index in [4.69, 9.17) is 0 Å². The fourth-order valence-electron chi connectivity index (χ4n) is 3.39. The summed E-state index contributed by atoms with van der Waals surface area (Å²) in [6.45, 7) is 7.79. The van der Waals surface area contributed by atoms with Crippen molar-refractivity contribution in [2.24, 2.45) is 0 Å². The molecule has 0 amide bonds. The summed E-state index contributed by atoms with van der Waals surface area (Å²) in [4.78, 5) is 30.2. The second-order valence-corrected chi connectivity index (χ2v) is 6.33. The predicted molar refractivity (Wildman–Crippen MR) is 90.3 cm³/mol. The minimum absolute atomic E-state index is 0. The van der Waals surface area contributed by atoms with Gasteiger partial charge in [-0.05, 0) is 18.9 Å². The Balaban J connectivity index is 0.00000225. The summed E-state index contributed by atoms with van der Waals surface area (Å²) in [5, 5.41) is 0. The molecule has 0 saturated heterocycles. The highest BCUT2D eigenvalue weighted by Crippen LogP contribution is 2.26. The molecule has 1 aliphatic rings. The van der Waals surface area contributed by atoms with Crippen LogP contribution in [0.25, 0.3) is 0 Å². The molecule has 0 saturated carbocycles. The summed E-state index contributed by atoms with van der Waals surface area (Å²) in [5.41, 5.74) is 2.00. The van der Waals surface area contributed by atoms with Gasteiger partial charge in [0.25, 0.3) is 5.82 Å². The second kappa shape index (κ2) is 8.04. The molecule has 0 bridgehead atoms. The van der Waals surface area contributed by atoms with Gasteiger partial charge in [0, 0.05) is 24.9 Å². The van der Waals surface area contributed by atoms with Crippen molar-refractivity contribution in [3.63, 3.8) is 0 Å². The van der Waals surface area contributed by atoms with Crippen LogP contribution in [0.15, 0.2) is 18.5 Å². The molecule has 2 aromatic heterocycles. The molecule has 0 unspecified atom stereocenters. The Kier molecular flexibility index (Phi) is 6.27. The first-order valence-electron chi connectivity index (χ1n) is 8.78. The Labute approximate surface area is 158 Å². The van der Waals surface area contributed by atoms with E-state index in [1.54, 1.807) is 12.3 Å². The van der Waals surface area contributed by atoms with Gasteiger partial charge >= 0.3 is 0 Å². The van der Waals surface area contributed by atoms with Crippen LogP contribution in [0.4, 0.5) is 0 Å². The molecule has 0 N–H and O–H groups in total. The highest BCUT2D eigenvalue weighted by Gasteiger charge is 2.42. The van der Waals surface area contributed by atoms with Crippen molar-refractivity contribution in [3.05, 3.63) is 46.8 Å². The van der Waals surface area contributed by atoms with Crippen LogP contribution >= 0.6 is 0 Å². The zero-order valence-corrected chi connectivity index (χ0v) is 16.6. The highest BCUT2D eigenvalue weighted by atomic mass is 79.9. The quantitative estimate of drug-likeness (QED) is 0.536. The third-order valence-electron chi connectivity index (χ3n) is 4.76. The van der Waals surface area contributed by atoms with E-state index in [-0.39, 0.29) is 28.5 Å². The number of hydrogen-bond donors (Lipinski definition) is 0. The number of carbonyl (C=O) groups excluding carboxylic acids is 2. The molecule has 0 aliphatic heterocycles. The summed E-state index contributed by atoms with van der Waals surface area (Å²) >= 11 is 0. The Hall–Kier alpha value is -1.82. The molecular weight excluding hydrogens is 382 g/mol. The number of carbonyl (C=O) groups is 2. The molecule has 0 aromatic carbocycles. The van der Waals surface area contributed by atoms with Crippen LogP contribution in [-0.2, 0) is 13.1 Å². The number of imidazole rings is 1. The van der Waals surface area contributed by atoms with Crippen molar-refractivity contribution in [2.45, 2.75) is 59.5 Å². The SMILES string of the molecule is CCCCn1c2c([n+](CCCC)c1C)C(=O)c1ccncc1C2=O.[Br-]. The molecule has 2 aromatic rings. The number of rotatable bonds is 6. The lowest BCUT2D eigenvalue weighted by Crippen LogP contribution is -3.00. The molecule has 0 fully saturated rings. The molecule has 5 nitrogen and oxygen atoms in total. The average Bonchev–Trinajstić information content (AvgIpc) is 2.88. The second-order valence-electron chi connectivity index (χ2n) is 6.33. The molecule has 25 heavy (non-hydrogen) atoms. The molecule has 134 valence electrons. The van der Waals surface area contributed by atoms with Gasteiger partial charge in [-0.2, -0.15) is 0 Å². The van der Waals surface area contributed by atoms with Gasteiger partial charge in [0.05, 0.1) is 18.7 Å². The van der Waals surface area contributed by atoms with Crippen LogP contribution in [0.1, 0.15) is 77.5 Å². The number of unbranched alkanes of at least 4 members (excludes halogenated alkanes) is 2. The van der Waals surface area contributed by atoms with Crippen LogP contribution in [0.2, 0.25) is 0 Å². The Morgan fingerprint density at radius 3 is 2.48 bits per heavy atom. The summed E-state index contributed by atoms with van der Waals surface area (Å²) in [5.74, 6) is 0.850. The molecule has 3 rings (SSSR count). The summed E-state index contributed by atoms with van der Waals surface area (Å²) in [7, 11) is 0. The molecular formula is C19H24BrN3O2. The van der Waals surface area contributed by atoms with E-state index in [0.29, 0.717) is 22.5 Å². The van der Waals surface area contributed by atoms with E-state index in [1.807, 2.05) is 16.1 Å². The summed E-state index contributed by atoms with van der Waals surface area (Å²) in [6.07, 6.45) is 7.15.